The Balaban J connectivity index is 2.30. The molecule has 1 aliphatic carbocycles. The van der Waals surface area contributed by atoms with Crippen LogP contribution in [0.25, 0.3) is 11.0 Å². The number of hydrogen-bond donors (Lipinski definition) is 1. The smallest absolute Gasteiger partial charge is 0.178 e. The van der Waals surface area contributed by atoms with E-state index in [0.717, 1.165) is 10.3 Å². The van der Waals surface area contributed by atoms with Gasteiger partial charge in [0.25, 0.3) is 0 Å². The van der Waals surface area contributed by atoms with E-state index in [-0.39, 0.29) is 5.54 Å². The summed E-state index contributed by atoms with van der Waals surface area (Å²) in [6.07, 6.45) is 5.03. The van der Waals surface area contributed by atoms with E-state index < -0.39 is 0 Å². The first-order valence-corrected chi connectivity index (χ1v) is 6.38. The Morgan fingerprint density at radius 1 is 1.38 bits per heavy atom. The van der Waals surface area contributed by atoms with Crippen LogP contribution < -0.4 is 0 Å². The lowest BCUT2D eigenvalue weighted by Crippen LogP contribution is -2.39. The van der Waals surface area contributed by atoms with Gasteiger partial charge in [-0.2, -0.15) is 0 Å². The lowest BCUT2D eigenvalue weighted by Gasteiger charge is -2.43. The van der Waals surface area contributed by atoms with E-state index in [4.69, 9.17) is 12.2 Å². The lowest BCUT2D eigenvalue weighted by atomic mass is 9.74. The Morgan fingerprint density at radius 3 is 2.75 bits per heavy atom. The highest BCUT2D eigenvalue weighted by molar-refractivity contribution is 7.71. The SMILES string of the molecule is CCC1(n2c(=S)[nH]c3ccccc32)CCC1. The van der Waals surface area contributed by atoms with Gasteiger partial charge in [0.05, 0.1) is 11.0 Å². The molecule has 3 rings (SSSR count). The van der Waals surface area contributed by atoms with Gasteiger partial charge in [-0.05, 0) is 50.0 Å². The average molecular weight is 232 g/mol. The minimum absolute atomic E-state index is 0.288. The van der Waals surface area contributed by atoms with Crippen LogP contribution >= 0.6 is 12.2 Å². The van der Waals surface area contributed by atoms with Crippen LogP contribution in [0.5, 0.6) is 0 Å². The standard InChI is InChI=1S/C13H16N2S/c1-2-13(8-5-9-13)15-11-7-4-3-6-10(11)14-12(15)16/h3-4,6-7H,2,5,8-9H2,1H3,(H,14,16). The van der Waals surface area contributed by atoms with Crippen molar-refractivity contribution in [2.45, 2.75) is 38.1 Å². The van der Waals surface area contributed by atoms with E-state index in [0.29, 0.717) is 0 Å². The fourth-order valence-electron chi connectivity index (χ4n) is 2.85. The number of aromatic amines is 1. The number of para-hydroxylation sites is 2. The Labute approximate surface area is 100 Å². The number of H-pyrrole nitrogens is 1. The zero-order valence-electron chi connectivity index (χ0n) is 9.49. The van der Waals surface area contributed by atoms with E-state index in [9.17, 15) is 0 Å². The van der Waals surface area contributed by atoms with Crippen molar-refractivity contribution in [2.24, 2.45) is 0 Å². The highest BCUT2D eigenvalue weighted by atomic mass is 32.1. The van der Waals surface area contributed by atoms with Crippen molar-refractivity contribution in [1.29, 1.82) is 0 Å². The predicted molar refractivity (Wildman–Crippen MR) is 69.2 cm³/mol. The van der Waals surface area contributed by atoms with Gasteiger partial charge in [-0.15, -0.1) is 0 Å². The zero-order chi connectivity index (χ0) is 11.2. The highest BCUT2D eigenvalue weighted by Crippen LogP contribution is 2.43. The van der Waals surface area contributed by atoms with Crippen LogP contribution in [0.3, 0.4) is 0 Å². The number of nitrogens with zero attached hydrogens (tertiary/aromatic N) is 1. The van der Waals surface area contributed by atoms with Crippen molar-refractivity contribution in [3.05, 3.63) is 29.0 Å². The number of nitrogens with one attached hydrogen (secondary N) is 1. The van der Waals surface area contributed by atoms with Crippen LogP contribution in [0.15, 0.2) is 24.3 Å². The van der Waals surface area contributed by atoms with E-state index >= 15 is 0 Å². The molecule has 0 spiro atoms. The fourth-order valence-corrected chi connectivity index (χ4v) is 3.25. The molecule has 1 saturated carbocycles. The molecule has 84 valence electrons. The molecule has 1 heterocycles. The highest BCUT2D eigenvalue weighted by Gasteiger charge is 2.38. The first-order valence-electron chi connectivity index (χ1n) is 5.97. The molecule has 16 heavy (non-hydrogen) atoms. The number of benzene rings is 1. The molecule has 1 fully saturated rings. The molecule has 1 aromatic carbocycles. The second-order valence-electron chi connectivity index (χ2n) is 4.71. The molecular formula is C13H16N2S. The Morgan fingerprint density at radius 2 is 2.12 bits per heavy atom. The minimum Gasteiger partial charge on any atom is -0.331 e. The molecule has 1 aliphatic rings. The van der Waals surface area contributed by atoms with Crippen LogP contribution in [0.2, 0.25) is 0 Å². The van der Waals surface area contributed by atoms with Crippen LogP contribution in [-0.4, -0.2) is 9.55 Å². The second-order valence-corrected chi connectivity index (χ2v) is 5.10. The lowest BCUT2D eigenvalue weighted by molar-refractivity contribution is 0.140. The first-order chi connectivity index (χ1) is 7.77. The average Bonchev–Trinajstić information content (AvgIpc) is 2.56. The predicted octanol–water partition coefficient (Wildman–Crippen LogP) is 3.99. The van der Waals surface area contributed by atoms with Crippen LogP contribution in [-0.2, 0) is 5.54 Å². The number of rotatable bonds is 2. The van der Waals surface area contributed by atoms with Gasteiger partial charge in [0.2, 0.25) is 0 Å². The summed E-state index contributed by atoms with van der Waals surface area (Å²) in [5.41, 5.74) is 2.71. The number of fused-ring (bicyclic) bond motifs is 1. The van der Waals surface area contributed by atoms with Crippen LogP contribution in [0, 0.1) is 4.77 Å². The molecule has 0 bridgehead atoms. The molecule has 0 unspecified atom stereocenters. The van der Waals surface area contributed by atoms with Crippen molar-refractivity contribution in [3.63, 3.8) is 0 Å². The van der Waals surface area contributed by atoms with Crippen molar-refractivity contribution in [3.8, 4) is 0 Å². The molecule has 0 aliphatic heterocycles. The third-order valence-corrected chi connectivity index (χ3v) is 4.29. The number of aromatic nitrogens is 2. The molecule has 1 aromatic heterocycles. The van der Waals surface area contributed by atoms with Gasteiger partial charge < -0.3 is 9.55 Å². The monoisotopic (exact) mass is 232 g/mol. The normalized spacial score (nSPS) is 18.6. The van der Waals surface area contributed by atoms with Gasteiger partial charge in [-0.25, -0.2) is 0 Å². The van der Waals surface area contributed by atoms with Crippen LogP contribution in [0.1, 0.15) is 32.6 Å². The van der Waals surface area contributed by atoms with E-state index in [1.807, 2.05) is 0 Å². The van der Waals surface area contributed by atoms with Crippen molar-refractivity contribution in [2.75, 3.05) is 0 Å². The third-order valence-electron chi connectivity index (χ3n) is 4.01. The maximum Gasteiger partial charge on any atom is 0.178 e. The summed E-state index contributed by atoms with van der Waals surface area (Å²) in [6.45, 7) is 2.27. The number of imidazole rings is 1. The van der Waals surface area contributed by atoms with E-state index in [1.54, 1.807) is 0 Å². The molecule has 0 amide bonds. The summed E-state index contributed by atoms with van der Waals surface area (Å²) in [4.78, 5) is 3.31. The fraction of sp³-hybridized carbons (Fsp3) is 0.462. The summed E-state index contributed by atoms with van der Waals surface area (Å²) in [5.74, 6) is 0. The van der Waals surface area contributed by atoms with E-state index in [2.05, 4.69) is 40.7 Å². The van der Waals surface area contributed by atoms with E-state index in [1.165, 1.54) is 31.2 Å². The minimum atomic E-state index is 0.288. The van der Waals surface area contributed by atoms with Gasteiger partial charge in [-0.1, -0.05) is 19.1 Å². The molecule has 2 aromatic rings. The third kappa shape index (κ3) is 1.21. The largest absolute Gasteiger partial charge is 0.331 e. The van der Waals surface area contributed by atoms with Gasteiger partial charge in [0.1, 0.15) is 0 Å². The molecule has 2 nitrogen and oxygen atoms in total. The maximum absolute atomic E-state index is 5.47. The van der Waals surface area contributed by atoms with Gasteiger partial charge in [0.15, 0.2) is 4.77 Å². The summed E-state index contributed by atoms with van der Waals surface area (Å²) in [5, 5.41) is 0. The van der Waals surface area contributed by atoms with Gasteiger partial charge >= 0.3 is 0 Å². The Bertz CT molecular complexity index is 569. The summed E-state index contributed by atoms with van der Waals surface area (Å²) < 4.78 is 3.23. The Hall–Kier alpha value is -1.09. The molecular weight excluding hydrogens is 216 g/mol. The van der Waals surface area contributed by atoms with Gasteiger partial charge in [-0.3, -0.25) is 0 Å². The summed E-state index contributed by atoms with van der Waals surface area (Å²) in [7, 11) is 0. The first kappa shape index (κ1) is 10.1. The topological polar surface area (TPSA) is 20.7 Å². The Kier molecular flexibility index (Phi) is 2.18. The molecule has 1 N–H and O–H groups in total. The molecule has 0 radical (unpaired) electrons. The van der Waals surface area contributed by atoms with Crippen molar-refractivity contribution >= 4 is 23.3 Å². The molecule has 0 atom stereocenters. The van der Waals surface area contributed by atoms with Crippen molar-refractivity contribution in [1.82, 2.24) is 9.55 Å². The second kappa shape index (κ2) is 3.45. The van der Waals surface area contributed by atoms with Crippen molar-refractivity contribution < 1.29 is 0 Å². The molecule has 3 heteroatoms. The quantitative estimate of drug-likeness (QED) is 0.776. The number of hydrogen-bond acceptors (Lipinski definition) is 1. The summed E-state index contributed by atoms with van der Waals surface area (Å²) >= 11 is 5.47. The van der Waals surface area contributed by atoms with Crippen LogP contribution in [0.4, 0.5) is 0 Å². The molecule has 0 saturated heterocycles. The summed E-state index contributed by atoms with van der Waals surface area (Å²) in [6, 6.07) is 8.40. The van der Waals surface area contributed by atoms with Gasteiger partial charge in [0, 0.05) is 5.54 Å². The zero-order valence-corrected chi connectivity index (χ0v) is 10.3. The maximum atomic E-state index is 5.47.